The highest BCUT2D eigenvalue weighted by molar-refractivity contribution is 8.03. The van der Waals surface area contributed by atoms with E-state index in [4.69, 9.17) is 0 Å². The summed E-state index contributed by atoms with van der Waals surface area (Å²) in [5.74, 6) is -0.916. The first-order valence-corrected chi connectivity index (χ1v) is 12.1. The standard InChI is InChI=1S/C28H24N4O2S/c1-19-25(27(34)32-22-15-9-4-10-16-22)26(20-11-5-2-6-12-20)23(17-29)28(30-19)35-18-24(33)31-21-13-7-3-8-14-21/h2-16,26,30H,18H2,1H3,(H,31,33)(H,32,34)/t26-/m0/s1. The molecule has 0 bridgehead atoms. The molecule has 2 amide bonds. The van der Waals surface area contributed by atoms with E-state index in [9.17, 15) is 14.9 Å². The largest absolute Gasteiger partial charge is 0.353 e. The number of carbonyl (C=O) groups excluding carboxylic acids is 2. The molecule has 35 heavy (non-hydrogen) atoms. The van der Waals surface area contributed by atoms with E-state index in [1.165, 1.54) is 11.8 Å². The molecule has 1 atom stereocenters. The summed E-state index contributed by atoms with van der Waals surface area (Å²) < 4.78 is 0. The lowest BCUT2D eigenvalue weighted by Gasteiger charge is -2.29. The van der Waals surface area contributed by atoms with Gasteiger partial charge in [-0.15, -0.1) is 0 Å². The maximum absolute atomic E-state index is 13.4. The molecule has 1 heterocycles. The summed E-state index contributed by atoms with van der Waals surface area (Å²) in [7, 11) is 0. The second-order valence-corrected chi connectivity index (χ2v) is 8.87. The fourth-order valence-corrected chi connectivity index (χ4v) is 4.77. The minimum absolute atomic E-state index is 0.114. The third kappa shape index (κ3) is 5.81. The zero-order chi connectivity index (χ0) is 24.6. The Kier molecular flexibility index (Phi) is 7.66. The number of rotatable bonds is 7. The van der Waals surface area contributed by atoms with Gasteiger partial charge in [-0.25, -0.2) is 0 Å². The van der Waals surface area contributed by atoms with E-state index in [0.29, 0.717) is 33.2 Å². The number of hydrogen-bond donors (Lipinski definition) is 3. The number of para-hydroxylation sites is 2. The SMILES string of the molecule is CC1=C(C(=O)Nc2ccccc2)[C@@H](c2ccccc2)C(C#N)=C(SCC(=O)Nc2ccccc2)N1. The van der Waals surface area contributed by atoms with Crippen LogP contribution in [0.25, 0.3) is 0 Å². The molecule has 3 aromatic rings. The van der Waals surface area contributed by atoms with Crippen molar-refractivity contribution >= 4 is 35.0 Å². The zero-order valence-electron chi connectivity index (χ0n) is 19.1. The molecular formula is C28H24N4O2S. The molecular weight excluding hydrogens is 456 g/mol. The highest BCUT2D eigenvalue weighted by Crippen LogP contribution is 2.40. The van der Waals surface area contributed by atoms with Gasteiger partial charge in [-0.1, -0.05) is 78.5 Å². The average molecular weight is 481 g/mol. The van der Waals surface area contributed by atoms with Crippen LogP contribution in [0.2, 0.25) is 0 Å². The molecule has 4 rings (SSSR count). The lowest BCUT2D eigenvalue weighted by atomic mass is 9.82. The van der Waals surface area contributed by atoms with Crippen molar-refractivity contribution in [1.82, 2.24) is 5.32 Å². The molecule has 0 saturated carbocycles. The summed E-state index contributed by atoms with van der Waals surface area (Å²) in [5.41, 5.74) is 3.71. The molecule has 1 aliphatic rings. The number of nitriles is 1. The minimum Gasteiger partial charge on any atom is -0.353 e. The Labute approximate surface area is 208 Å². The van der Waals surface area contributed by atoms with Crippen LogP contribution in [0.1, 0.15) is 18.4 Å². The van der Waals surface area contributed by atoms with Crippen LogP contribution in [-0.4, -0.2) is 17.6 Å². The highest BCUT2D eigenvalue weighted by atomic mass is 32.2. The predicted octanol–water partition coefficient (Wildman–Crippen LogP) is 5.39. The van der Waals surface area contributed by atoms with E-state index in [1.54, 1.807) is 0 Å². The summed E-state index contributed by atoms with van der Waals surface area (Å²) >= 11 is 1.25. The second kappa shape index (κ2) is 11.2. The number of nitrogens with zero attached hydrogens (tertiary/aromatic N) is 1. The van der Waals surface area contributed by atoms with Gasteiger partial charge in [0.05, 0.1) is 28.3 Å². The maximum atomic E-state index is 13.4. The number of carbonyl (C=O) groups is 2. The molecule has 7 heteroatoms. The van der Waals surface area contributed by atoms with Crippen LogP contribution in [0.3, 0.4) is 0 Å². The van der Waals surface area contributed by atoms with Crippen LogP contribution >= 0.6 is 11.8 Å². The molecule has 0 aromatic heterocycles. The van der Waals surface area contributed by atoms with Crippen LogP contribution < -0.4 is 16.0 Å². The first kappa shape index (κ1) is 23.9. The van der Waals surface area contributed by atoms with Gasteiger partial charge in [0, 0.05) is 22.6 Å². The van der Waals surface area contributed by atoms with Crippen LogP contribution in [0, 0.1) is 11.3 Å². The van der Waals surface area contributed by atoms with Crippen molar-refractivity contribution in [2.24, 2.45) is 0 Å². The molecule has 0 spiro atoms. The van der Waals surface area contributed by atoms with Crippen LogP contribution in [-0.2, 0) is 9.59 Å². The number of amides is 2. The lowest BCUT2D eigenvalue weighted by molar-refractivity contribution is -0.114. The van der Waals surface area contributed by atoms with Gasteiger partial charge < -0.3 is 16.0 Å². The second-order valence-electron chi connectivity index (χ2n) is 7.89. The average Bonchev–Trinajstić information content (AvgIpc) is 2.88. The summed E-state index contributed by atoms with van der Waals surface area (Å²) in [5, 5.41) is 19.7. The number of nitrogens with one attached hydrogen (secondary N) is 3. The van der Waals surface area contributed by atoms with Gasteiger partial charge >= 0.3 is 0 Å². The quantitative estimate of drug-likeness (QED) is 0.421. The fraction of sp³-hybridized carbons (Fsp3) is 0.107. The summed E-state index contributed by atoms with van der Waals surface area (Å²) in [6, 6.07) is 30.2. The number of anilines is 2. The molecule has 0 saturated heterocycles. The third-order valence-corrected chi connectivity index (χ3v) is 6.48. The molecule has 3 aromatic carbocycles. The Hall–Kier alpha value is -4.28. The van der Waals surface area contributed by atoms with Crippen molar-refractivity contribution in [3.63, 3.8) is 0 Å². The van der Waals surface area contributed by atoms with E-state index in [-0.39, 0.29) is 17.6 Å². The fourth-order valence-electron chi connectivity index (χ4n) is 3.88. The van der Waals surface area contributed by atoms with Crippen molar-refractivity contribution in [3.05, 3.63) is 118 Å². The molecule has 0 fully saturated rings. The molecule has 0 radical (unpaired) electrons. The van der Waals surface area contributed by atoms with Crippen molar-refractivity contribution in [2.45, 2.75) is 12.8 Å². The molecule has 1 aliphatic heterocycles. The molecule has 0 aliphatic carbocycles. The molecule has 3 N–H and O–H groups in total. The summed E-state index contributed by atoms with van der Waals surface area (Å²) in [6.07, 6.45) is 0. The van der Waals surface area contributed by atoms with Crippen molar-refractivity contribution in [1.29, 1.82) is 5.26 Å². The normalized spacial score (nSPS) is 15.1. The number of hydrogen-bond acceptors (Lipinski definition) is 5. The van der Waals surface area contributed by atoms with Gasteiger partial charge in [0.15, 0.2) is 0 Å². The van der Waals surface area contributed by atoms with Gasteiger partial charge in [-0.2, -0.15) is 5.26 Å². The Bertz CT molecular complexity index is 1310. The van der Waals surface area contributed by atoms with E-state index < -0.39 is 5.92 Å². The zero-order valence-corrected chi connectivity index (χ0v) is 19.9. The van der Waals surface area contributed by atoms with Gasteiger partial charge in [-0.3, -0.25) is 9.59 Å². The van der Waals surface area contributed by atoms with Crippen LogP contribution in [0.4, 0.5) is 11.4 Å². The number of allylic oxidation sites excluding steroid dienone is 2. The molecule has 174 valence electrons. The Balaban J connectivity index is 1.61. The minimum atomic E-state index is -0.564. The van der Waals surface area contributed by atoms with Crippen molar-refractivity contribution in [3.8, 4) is 6.07 Å². The van der Waals surface area contributed by atoms with Crippen LogP contribution in [0.5, 0.6) is 0 Å². The first-order valence-electron chi connectivity index (χ1n) is 11.1. The smallest absolute Gasteiger partial charge is 0.254 e. The third-order valence-electron chi connectivity index (χ3n) is 5.46. The van der Waals surface area contributed by atoms with Gasteiger partial charge in [0.1, 0.15) is 0 Å². The topological polar surface area (TPSA) is 94.0 Å². The maximum Gasteiger partial charge on any atom is 0.254 e. The van der Waals surface area contributed by atoms with Gasteiger partial charge in [0.2, 0.25) is 5.91 Å². The Morgan fingerprint density at radius 2 is 1.43 bits per heavy atom. The number of thioether (sulfide) groups is 1. The van der Waals surface area contributed by atoms with Gasteiger partial charge in [-0.05, 0) is 36.8 Å². The summed E-state index contributed by atoms with van der Waals surface area (Å²) in [4.78, 5) is 25.9. The van der Waals surface area contributed by atoms with E-state index in [1.807, 2.05) is 97.9 Å². The van der Waals surface area contributed by atoms with Gasteiger partial charge in [0.25, 0.3) is 5.91 Å². The Morgan fingerprint density at radius 1 is 0.886 bits per heavy atom. The predicted molar refractivity (Wildman–Crippen MR) is 140 cm³/mol. The lowest BCUT2D eigenvalue weighted by Crippen LogP contribution is -2.31. The number of benzene rings is 3. The monoisotopic (exact) mass is 480 g/mol. The van der Waals surface area contributed by atoms with E-state index in [2.05, 4.69) is 22.0 Å². The Morgan fingerprint density at radius 3 is 2.00 bits per heavy atom. The summed E-state index contributed by atoms with van der Waals surface area (Å²) in [6.45, 7) is 1.81. The molecule has 0 unspecified atom stereocenters. The first-order chi connectivity index (χ1) is 17.1. The van der Waals surface area contributed by atoms with Crippen molar-refractivity contribution in [2.75, 3.05) is 16.4 Å². The number of dihydropyridines is 1. The van der Waals surface area contributed by atoms with Crippen LogP contribution in [0.15, 0.2) is 113 Å². The van der Waals surface area contributed by atoms with E-state index in [0.717, 1.165) is 5.56 Å². The molecule has 6 nitrogen and oxygen atoms in total. The highest BCUT2D eigenvalue weighted by Gasteiger charge is 2.34. The van der Waals surface area contributed by atoms with E-state index >= 15 is 0 Å². The van der Waals surface area contributed by atoms with Crippen molar-refractivity contribution < 1.29 is 9.59 Å².